The SMILES string of the molecule is COC(=O)Nc1cc(C(=O)c2ccnc(OC)c2)ccc1-c1cccc2occc12. The van der Waals surface area contributed by atoms with Crippen LogP contribution in [0.15, 0.2) is 71.5 Å². The maximum atomic E-state index is 13.0. The minimum atomic E-state index is -0.634. The van der Waals surface area contributed by atoms with Crippen LogP contribution in [0.5, 0.6) is 5.88 Å². The molecule has 0 fully saturated rings. The number of rotatable bonds is 5. The highest BCUT2D eigenvalue weighted by atomic mass is 16.5. The van der Waals surface area contributed by atoms with Crippen molar-refractivity contribution in [2.24, 2.45) is 0 Å². The lowest BCUT2D eigenvalue weighted by Gasteiger charge is -2.13. The van der Waals surface area contributed by atoms with E-state index in [0.717, 1.165) is 22.1 Å². The normalized spacial score (nSPS) is 10.6. The van der Waals surface area contributed by atoms with Crippen molar-refractivity contribution in [2.75, 3.05) is 19.5 Å². The first-order chi connectivity index (χ1) is 14.6. The van der Waals surface area contributed by atoms with E-state index in [1.54, 1.807) is 36.6 Å². The molecule has 4 rings (SSSR count). The third kappa shape index (κ3) is 3.60. The van der Waals surface area contributed by atoms with Gasteiger partial charge in [0.25, 0.3) is 0 Å². The first-order valence-electron chi connectivity index (χ1n) is 9.11. The molecule has 2 heterocycles. The standard InChI is InChI=1S/C23H18N2O5/c1-28-21-13-15(8-10-24-21)22(26)14-6-7-17(19(12-14)25-23(27)29-2)16-4-3-5-20-18(16)9-11-30-20/h3-13H,1-2H3,(H,25,27). The van der Waals surface area contributed by atoms with Gasteiger partial charge in [0.2, 0.25) is 5.88 Å². The number of pyridine rings is 1. The van der Waals surface area contributed by atoms with Crippen molar-refractivity contribution in [1.29, 1.82) is 0 Å². The third-order valence-electron chi connectivity index (χ3n) is 4.70. The van der Waals surface area contributed by atoms with Crippen LogP contribution < -0.4 is 10.1 Å². The van der Waals surface area contributed by atoms with Gasteiger partial charge in [-0.25, -0.2) is 9.78 Å². The average Bonchev–Trinajstić information content (AvgIpc) is 3.27. The minimum Gasteiger partial charge on any atom is -0.481 e. The number of nitrogens with one attached hydrogen (secondary N) is 1. The fourth-order valence-electron chi connectivity index (χ4n) is 3.24. The molecule has 0 radical (unpaired) electrons. The fourth-order valence-corrected chi connectivity index (χ4v) is 3.24. The molecule has 1 amide bonds. The van der Waals surface area contributed by atoms with Gasteiger partial charge in [0, 0.05) is 34.3 Å². The van der Waals surface area contributed by atoms with Gasteiger partial charge in [-0.05, 0) is 29.8 Å². The van der Waals surface area contributed by atoms with E-state index in [-0.39, 0.29) is 5.78 Å². The van der Waals surface area contributed by atoms with Gasteiger partial charge in [-0.3, -0.25) is 10.1 Å². The Morgan fingerprint density at radius 2 is 1.80 bits per heavy atom. The van der Waals surface area contributed by atoms with Crippen LogP contribution in [0.3, 0.4) is 0 Å². The number of benzene rings is 2. The number of nitrogens with zero attached hydrogens (tertiary/aromatic N) is 1. The Bertz CT molecular complexity index is 1250. The number of carbonyl (C=O) groups excluding carboxylic acids is 2. The number of fused-ring (bicyclic) bond motifs is 1. The zero-order valence-electron chi connectivity index (χ0n) is 16.3. The maximum absolute atomic E-state index is 13.0. The summed E-state index contributed by atoms with van der Waals surface area (Å²) in [6.45, 7) is 0. The molecular weight excluding hydrogens is 384 g/mol. The average molecular weight is 402 g/mol. The molecule has 0 aliphatic rings. The second-order valence-corrected chi connectivity index (χ2v) is 6.43. The Labute approximate surface area is 172 Å². The van der Waals surface area contributed by atoms with Gasteiger partial charge in [-0.2, -0.15) is 0 Å². The van der Waals surface area contributed by atoms with Gasteiger partial charge in [-0.1, -0.05) is 24.3 Å². The lowest BCUT2D eigenvalue weighted by molar-refractivity contribution is 0.103. The number of aromatic nitrogens is 1. The number of ether oxygens (including phenoxy) is 2. The highest BCUT2D eigenvalue weighted by Crippen LogP contribution is 2.35. The number of carbonyl (C=O) groups is 2. The molecule has 2 aromatic carbocycles. The number of ketones is 1. The van der Waals surface area contributed by atoms with Crippen LogP contribution in [0, 0.1) is 0 Å². The predicted molar refractivity (Wildman–Crippen MR) is 112 cm³/mol. The number of amides is 1. The molecule has 0 unspecified atom stereocenters. The molecular formula is C23H18N2O5. The summed E-state index contributed by atoms with van der Waals surface area (Å²) in [5, 5.41) is 3.60. The van der Waals surface area contributed by atoms with Crippen molar-refractivity contribution >= 4 is 28.5 Å². The van der Waals surface area contributed by atoms with E-state index in [1.807, 2.05) is 24.3 Å². The van der Waals surface area contributed by atoms with Gasteiger partial charge in [-0.15, -0.1) is 0 Å². The van der Waals surface area contributed by atoms with Crippen LogP contribution in [0.2, 0.25) is 0 Å². The van der Waals surface area contributed by atoms with Gasteiger partial charge in [0.15, 0.2) is 5.78 Å². The molecule has 0 saturated heterocycles. The second kappa shape index (κ2) is 8.08. The number of furan rings is 1. The van der Waals surface area contributed by atoms with E-state index >= 15 is 0 Å². The van der Waals surface area contributed by atoms with E-state index in [1.165, 1.54) is 20.4 Å². The summed E-state index contributed by atoms with van der Waals surface area (Å²) in [6, 6.07) is 15.8. The molecule has 30 heavy (non-hydrogen) atoms. The Morgan fingerprint density at radius 3 is 2.60 bits per heavy atom. The summed E-state index contributed by atoms with van der Waals surface area (Å²) in [7, 11) is 2.77. The summed E-state index contributed by atoms with van der Waals surface area (Å²) in [4.78, 5) is 29.0. The summed E-state index contributed by atoms with van der Waals surface area (Å²) >= 11 is 0. The van der Waals surface area contributed by atoms with E-state index in [4.69, 9.17) is 13.9 Å². The van der Waals surface area contributed by atoms with E-state index in [0.29, 0.717) is 22.7 Å². The lowest BCUT2D eigenvalue weighted by atomic mass is 9.96. The maximum Gasteiger partial charge on any atom is 0.411 e. The van der Waals surface area contributed by atoms with Crippen LogP contribution in [0.25, 0.3) is 22.1 Å². The quantitative estimate of drug-likeness (QED) is 0.477. The molecule has 0 spiro atoms. The second-order valence-electron chi connectivity index (χ2n) is 6.43. The summed E-state index contributed by atoms with van der Waals surface area (Å²) in [5.74, 6) is 0.119. The smallest absolute Gasteiger partial charge is 0.411 e. The van der Waals surface area contributed by atoms with Crippen molar-refractivity contribution in [2.45, 2.75) is 0 Å². The van der Waals surface area contributed by atoms with Crippen molar-refractivity contribution < 1.29 is 23.5 Å². The third-order valence-corrected chi connectivity index (χ3v) is 4.70. The molecule has 7 nitrogen and oxygen atoms in total. The van der Waals surface area contributed by atoms with E-state index in [9.17, 15) is 9.59 Å². The van der Waals surface area contributed by atoms with Crippen LogP contribution >= 0.6 is 0 Å². The lowest BCUT2D eigenvalue weighted by Crippen LogP contribution is -2.13. The van der Waals surface area contributed by atoms with Gasteiger partial charge in [0.1, 0.15) is 5.58 Å². The molecule has 0 saturated carbocycles. The molecule has 0 atom stereocenters. The molecule has 2 aromatic heterocycles. The topological polar surface area (TPSA) is 90.7 Å². The molecule has 150 valence electrons. The van der Waals surface area contributed by atoms with Gasteiger partial charge >= 0.3 is 6.09 Å². The monoisotopic (exact) mass is 402 g/mol. The molecule has 0 bridgehead atoms. The predicted octanol–water partition coefficient (Wildman–Crippen LogP) is 4.91. The Balaban J connectivity index is 1.81. The number of hydrogen-bond acceptors (Lipinski definition) is 6. The van der Waals surface area contributed by atoms with Crippen LogP contribution in [0.4, 0.5) is 10.5 Å². The molecule has 4 aromatic rings. The van der Waals surface area contributed by atoms with Crippen molar-refractivity contribution in [1.82, 2.24) is 4.98 Å². The zero-order chi connectivity index (χ0) is 21.1. The fraction of sp³-hybridized carbons (Fsp3) is 0.0870. The molecule has 7 heteroatoms. The van der Waals surface area contributed by atoms with Crippen molar-refractivity contribution in [3.05, 3.63) is 78.2 Å². The first kappa shape index (κ1) is 19.2. The summed E-state index contributed by atoms with van der Waals surface area (Å²) in [6.07, 6.45) is 2.48. The Morgan fingerprint density at radius 1 is 0.967 bits per heavy atom. The number of hydrogen-bond donors (Lipinski definition) is 1. The number of methoxy groups -OCH3 is 2. The van der Waals surface area contributed by atoms with E-state index in [2.05, 4.69) is 10.3 Å². The van der Waals surface area contributed by atoms with Crippen LogP contribution in [-0.4, -0.2) is 31.1 Å². The van der Waals surface area contributed by atoms with Gasteiger partial charge < -0.3 is 13.9 Å². The van der Waals surface area contributed by atoms with Gasteiger partial charge in [0.05, 0.1) is 26.2 Å². The largest absolute Gasteiger partial charge is 0.481 e. The molecule has 0 aliphatic heterocycles. The summed E-state index contributed by atoms with van der Waals surface area (Å²) in [5.41, 5.74) is 3.59. The summed E-state index contributed by atoms with van der Waals surface area (Å²) < 4.78 is 15.3. The molecule has 0 aliphatic carbocycles. The number of anilines is 1. The van der Waals surface area contributed by atoms with Crippen LogP contribution in [0.1, 0.15) is 15.9 Å². The highest BCUT2D eigenvalue weighted by molar-refractivity contribution is 6.11. The highest BCUT2D eigenvalue weighted by Gasteiger charge is 2.17. The van der Waals surface area contributed by atoms with Crippen molar-refractivity contribution in [3.8, 4) is 17.0 Å². The Hall–Kier alpha value is -4.13. The van der Waals surface area contributed by atoms with Crippen LogP contribution in [-0.2, 0) is 4.74 Å². The molecule has 1 N–H and O–H groups in total. The Kier molecular flexibility index (Phi) is 5.17. The first-order valence-corrected chi connectivity index (χ1v) is 9.11. The zero-order valence-corrected chi connectivity index (χ0v) is 16.3. The van der Waals surface area contributed by atoms with Crippen molar-refractivity contribution in [3.63, 3.8) is 0 Å². The minimum absolute atomic E-state index is 0.225. The van der Waals surface area contributed by atoms with E-state index < -0.39 is 6.09 Å².